The quantitative estimate of drug-likeness (QED) is 0.761. The van der Waals surface area contributed by atoms with Crippen LogP contribution < -0.4 is 5.32 Å². The maximum atomic E-state index is 11.6. The lowest BCUT2D eigenvalue weighted by molar-refractivity contribution is -0.141. The highest BCUT2D eigenvalue weighted by Crippen LogP contribution is 2.23. The largest absolute Gasteiger partial charge is 0.469 e. The fraction of sp³-hybridized carbons (Fsp3) is 0.438. The highest BCUT2D eigenvalue weighted by Gasteiger charge is 2.17. The first-order valence-corrected chi connectivity index (χ1v) is 8.10. The molecule has 0 bridgehead atoms. The smallest absolute Gasteiger partial charge is 0.307 e. The predicted molar refractivity (Wildman–Crippen MR) is 85.3 cm³/mol. The van der Waals surface area contributed by atoms with Crippen LogP contribution in [0.4, 0.5) is 0 Å². The normalized spacial score (nSPS) is 12.3. The lowest BCUT2D eigenvalue weighted by Gasteiger charge is -2.17. The number of hydrogen-bond acceptors (Lipinski definition) is 4. The fourth-order valence-corrected chi connectivity index (χ4v) is 3.11. The number of methoxy groups -OCH3 is 1. The summed E-state index contributed by atoms with van der Waals surface area (Å²) in [4.78, 5) is 12.7. The molecule has 2 rings (SSSR count). The number of aromatic nitrogens is 1. The molecule has 21 heavy (non-hydrogen) atoms. The molecule has 0 fully saturated rings. The van der Waals surface area contributed by atoms with Crippen molar-refractivity contribution in [1.82, 2.24) is 9.88 Å². The van der Waals surface area contributed by atoms with Crippen LogP contribution in [0.15, 0.2) is 35.8 Å². The van der Waals surface area contributed by atoms with E-state index < -0.39 is 0 Å². The molecule has 114 valence electrons. The van der Waals surface area contributed by atoms with Crippen molar-refractivity contribution in [2.24, 2.45) is 0 Å². The van der Waals surface area contributed by atoms with Gasteiger partial charge in [0.25, 0.3) is 0 Å². The Balaban J connectivity index is 2.01. The summed E-state index contributed by atoms with van der Waals surface area (Å²) < 4.78 is 7.05. The van der Waals surface area contributed by atoms with Gasteiger partial charge in [-0.05, 0) is 30.0 Å². The average molecular weight is 306 g/mol. The summed E-state index contributed by atoms with van der Waals surface area (Å²) in [6, 6.07) is 8.24. The molecule has 1 N–H and O–H groups in total. The fourth-order valence-electron chi connectivity index (χ4n) is 2.31. The minimum absolute atomic E-state index is 0.00225. The van der Waals surface area contributed by atoms with Crippen LogP contribution in [0, 0.1) is 0 Å². The van der Waals surface area contributed by atoms with Crippen LogP contribution in [0.1, 0.15) is 36.4 Å². The summed E-state index contributed by atoms with van der Waals surface area (Å²) in [6.45, 7) is 3.93. The van der Waals surface area contributed by atoms with Gasteiger partial charge in [0.05, 0.1) is 19.6 Å². The Labute approximate surface area is 129 Å². The van der Waals surface area contributed by atoms with E-state index in [4.69, 9.17) is 4.74 Å². The number of aryl methyl sites for hydroxylation is 1. The van der Waals surface area contributed by atoms with Gasteiger partial charge in [-0.1, -0.05) is 13.0 Å². The number of esters is 1. The van der Waals surface area contributed by atoms with Gasteiger partial charge in [0.15, 0.2) is 0 Å². The SMILES string of the molecule is CCCn1cccc1CNC(CC(=O)OC)c1cccs1. The summed E-state index contributed by atoms with van der Waals surface area (Å²) in [6.07, 6.45) is 3.56. The van der Waals surface area contributed by atoms with E-state index in [1.807, 2.05) is 11.4 Å². The predicted octanol–water partition coefficient (Wildman–Crippen LogP) is 3.35. The summed E-state index contributed by atoms with van der Waals surface area (Å²) >= 11 is 1.66. The van der Waals surface area contributed by atoms with E-state index in [1.54, 1.807) is 11.3 Å². The van der Waals surface area contributed by atoms with Crippen LogP contribution in [0.2, 0.25) is 0 Å². The maximum absolute atomic E-state index is 11.6. The van der Waals surface area contributed by atoms with Crippen LogP contribution in [-0.4, -0.2) is 17.6 Å². The molecule has 0 amide bonds. The lowest BCUT2D eigenvalue weighted by Crippen LogP contribution is -2.24. The number of thiophene rings is 1. The van der Waals surface area contributed by atoms with Crippen molar-refractivity contribution in [2.75, 3.05) is 7.11 Å². The first-order chi connectivity index (χ1) is 10.2. The number of rotatable bonds is 8. The Morgan fingerprint density at radius 3 is 2.95 bits per heavy atom. The Kier molecular flexibility index (Phi) is 6.02. The zero-order valence-corrected chi connectivity index (χ0v) is 13.4. The van der Waals surface area contributed by atoms with Gasteiger partial charge in [0.2, 0.25) is 0 Å². The van der Waals surface area contributed by atoms with Crippen molar-refractivity contribution in [2.45, 2.75) is 38.9 Å². The van der Waals surface area contributed by atoms with E-state index >= 15 is 0 Å². The topological polar surface area (TPSA) is 43.3 Å². The summed E-state index contributed by atoms with van der Waals surface area (Å²) in [5, 5.41) is 5.51. The molecule has 2 aromatic heterocycles. The minimum Gasteiger partial charge on any atom is -0.469 e. The number of carbonyl (C=O) groups is 1. The molecule has 0 saturated carbocycles. The molecule has 0 radical (unpaired) electrons. The molecule has 5 heteroatoms. The molecule has 1 unspecified atom stereocenters. The molecule has 0 aliphatic heterocycles. The third-order valence-electron chi connectivity index (χ3n) is 3.40. The van der Waals surface area contributed by atoms with E-state index in [2.05, 4.69) is 41.2 Å². The van der Waals surface area contributed by atoms with Crippen LogP contribution in [0.5, 0.6) is 0 Å². The zero-order valence-electron chi connectivity index (χ0n) is 12.5. The van der Waals surface area contributed by atoms with E-state index in [-0.39, 0.29) is 12.0 Å². The Bertz CT molecular complexity index is 548. The van der Waals surface area contributed by atoms with Gasteiger partial charge < -0.3 is 14.6 Å². The van der Waals surface area contributed by atoms with E-state index in [9.17, 15) is 4.79 Å². The molecule has 0 aromatic carbocycles. The molecule has 2 heterocycles. The van der Waals surface area contributed by atoms with Crippen LogP contribution >= 0.6 is 11.3 Å². The lowest BCUT2D eigenvalue weighted by atomic mass is 10.1. The van der Waals surface area contributed by atoms with Crippen molar-refractivity contribution < 1.29 is 9.53 Å². The summed E-state index contributed by atoms with van der Waals surface area (Å²) in [5.74, 6) is -0.190. The third kappa shape index (κ3) is 4.44. The van der Waals surface area contributed by atoms with E-state index in [1.165, 1.54) is 12.8 Å². The first-order valence-electron chi connectivity index (χ1n) is 7.22. The highest BCUT2D eigenvalue weighted by molar-refractivity contribution is 7.10. The molecular formula is C16H22N2O2S. The second kappa shape index (κ2) is 8.00. The van der Waals surface area contributed by atoms with Crippen LogP contribution in [0.3, 0.4) is 0 Å². The molecule has 0 aliphatic carbocycles. The van der Waals surface area contributed by atoms with Gasteiger partial charge in [0, 0.05) is 29.9 Å². The molecule has 0 spiro atoms. The minimum atomic E-state index is -0.190. The van der Waals surface area contributed by atoms with Gasteiger partial charge in [-0.15, -0.1) is 11.3 Å². The van der Waals surface area contributed by atoms with Gasteiger partial charge in [-0.3, -0.25) is 4.79 Å². The number of hydrogen-bond donors (Lipinski definition) is 1. The molecule has 2 aromatic rings. The molecule has 0 saturated heterocycles. The van der Waals surface area contributed by atoms with Crippen LogP contribution in [0.25, 0.3) is 0 Å². The molecule has 1 atom stereocenters. The van der Waals surface area contributed by atoms with Crippen molar-refractivity contribution in [1.29, 1.82) is 0 Å². The van der Waals surface area contributed by atoms with Crippen molar-refractivity contribution in [3.63, 3.8) is 0 Å². The number of nitrogens with zero attached hydrogens (tertiary/aromatic N) is 1. The van der Waals surface area contributed by atoms with Gasteiger partial charge >= 0.3 is 5.97 Å². The Morgan fingerprint density at radius 1 is 1.43 bits per heavy atom. The average Bonchev–Trinajstić information content (AvgIpc) is 3.15. The second-order valence-electron chi connectivity index (χ2n) is 4.92. The van der Waals surface area contributed by atoms with Gasteiger partial charge in [-0.25, -0.2) is 0 Å². The summed E-state index contributed by atoms with van der Waals surface area (Å²) in [7, 11) is 1.43. The van der Waals surface area contributed by atoms with Gasteiger partial charge in [0.1, 0.15) is 0 Å². The Morgan fingerprint density at radius 2 is 2.29 bits per heavy atom. The van der Waals surface area contributed by atoms with Gasteiger partial charge in [-0.2, -0.15) is 0 Å². The van der Waals surface area contributed by atoms with Crippen molar-refractivity contribution >= 4 is 17.3 Å². The second-order valence-corrected chi connectivity index (χ2v) is 5.90. The standard InChI is InChI=1S/C16H22N2O2S/c1-3-8-18-9-4-6-13(18)12-17-14(11-16(19)20-2)15-7-5-10-21-15/h4-7,9-10,14,17H,3,8,11-12H2,1-2H3. The zero-order chi connectivity index (χ0) is 15.1. The summed E-state index contributed by atoms with van der Waals surface area (Å²) in [5.41, 5.74) is 1.24. The van der Waals surface area contributed by atoms with E-state index in [0.29, 0.717) is 6.42 Å². The van der Waals surface area contributed by atoms with E-state index in [0.717, 1.165) is 24.4 Å². The Hall–Kier alpha value is -1.59. The number of carbonyl (C=O) groups excluding carboxylic acids is 1. The monoisotopic (exact) mass is 306 g/mol. The molecule has 4 nitrogen and oxygen atoms in total. The molecule has 0 aliphatic rings. The van der Waals surface area contributed by atoms with Crippen molar-refractivity contribution in [3.05, 3.63) is 46.4 Å². The number of ether oxygens (including phenoxy) is 1. The number of nitrogens with one attached hydrogen (secondary N) is 1. The van der Waals surface area contributed by atoms with Crippen molar-refractivity contribution in [3.8, 4) is 0 Å². The first kappa shape index (κ1) is 15.8. The maximum Gasteiger partial charge on any atom is 0.307 e. The third-order valence-corrected chi connectivity index (χ3v) is 4.39. The molecular weight excluding hydrogens is 284 g/mol. The van der Waals surface area contributed by atoms with Crippen LogP contribution in [-0.2, 0) is 22.6 Å². The highest BCUT2D eigenvalue weighted by atomic mass is 32.1.